The Hall–Kier alpha value is -0.650. The molecule has 0 spiro atoms. The van der Waals surface area contributed by atoms with E-state index >= 15 is 0 Å². The molecule has 5 nitrogen and oxygen atoms in total. The lowest BCUT2D eigenvalue weighted by Gasteiger charge is -2.23. The van der Waals surface area contributed by atoms with Gasteiger partial charge in [0.1, 0.15) is 6.10 Å². The minimum atomic E-state index is -0.333. The molecule has 0 saturated carbocycles. The summed E-state index contributed by atoms with van der Waals surface area (Å²) in [6, 6.07) is 0. The number of amides is 1. The Morgan fingerprint density at radius 2 is 2.33 bits per heavy atom. The zero-order chi connectivity index (χ0) is 10.5. The summed E-state index contributed by atoms with van der Waals surface area (Å²) in [6.45, 7) is 3.48. The summed E-state index contributed by atoms with van der Waals surface area (Å²) in [7, 11) is 0. The van der Waals surface area contributed by atoms with E-state index in [1.807, 2.05) is 0 Å². The molecule has 2 atom stereocenters. The Balaban J connectivity index is 1.66. The van der Waals surface area contributed by atoms with Crippen LogP contribution in [0.1, 0.15) is 12.8 Å². The largest absolute Gasteiger partial charge is 0.376 e. The minimum Gasteiger partial charge on any atom is -0.376 e. The lowest BCUT2D eigenvalue weighted by molar-refractivity contribution is -0.134. The molecule has 2 N–H and O–H groups in total. The molecular weight excluding hydrogens is 196 g/mol. The summed E-state index contributed by atoms with van der Waals surface area (Å²) in [5.74, 6) is -0.0299. The van der Waals surface area contributed by atoms with Crippen LogP contribution in [0, 0.1) is 0 Å². The average Bonchev–Trinajstić information content (AvgIpc) is 2.80. The molecule has 2 aliphatic heterocycles. The summed E-state index contributed by atoms with van der Waals surface area (Å²) in [4.78, 5) is 11.6. The van der Waals surface area contributed by atoms with Crippen molar-refractivity contribution in [2.75, 3.05) is 32.8 Å². The van der Waals surface area contributed by atoms with Gasteiger partial charge in [-0.2, -0.15) is 0 Å². The van der Waals surface area contributed by atoms with Crippen molar-refractivity contribution in [3.63, 3.8) is 0 Å². The van der Waals surface area contributed by atoms with Crippen molar-refractivity contribution < 1.29 is 14.3 Å². The lowest BCUT2D eigenvalue weighted by atomic mass is 10.2. The quantitative estimate of drug-likeness (QED) is 0.650. The summed E-state index contributed by atoms with van der Waals surface area (Å²) in [5, 5.41) is 5.99. The van der Waals surface area contributed by atoms with Gasteiger partial charge >= 0.3 is 0 Å². The van der Waals surface area contributed by atoms with Crippen molar-refractivity contribution in [2.24, 2.45) is 0 Å². The van der Waals surface area contributed by atoms with Crippen LogP contribution in [0.4, 0.5) is 0 Å². The summed E-state index contributed by atoms with van der Waals surface area (Å²) in [5.41, 5.74) is 0. The van der Waals surface area contributed by atoms with Crippen molar-refractivity contribution >= 4 is 5.91 Å². The Morgan fingerprint density at radius 1 is 1.40 bits per heavy atom. The summed E-state index contributed by atoms with van der Waals surface area (Å²) < 4.78 is 10.8. The molecule has 2 rings (SSSR count). The minimum absolute atomic E-state index is 0.0299. The average molecular weight is 214 g/mol. The van der Waals surface area contributed by atoms with Crippen molar-refractivity contribution in [1.29, 1.82) is 0 Å². The van der Waals surface area contributed by atoms with Crippen molar-refractivity contribution in [1.82, 2.24) is 10.6 Å². The Bertz CT molecular complexity index is 211. The van der Waals surface area contributed by atoms with Gasteiger partial charge in [-0.3, -0.25) is 4.79 Å². The van der Waals surface area contributed by atoms with Crippen LogP contribution < -0.4 is 10.6 Å². The van der Waals surface area contributed by atoms with Crippen LogP contribution >= 0.6 is 0 Å². The molecule has 86 valence electrons. The molecular formula is C10H18N2O3. The highest BCUT2D eigenvalue weighted by Crippen LogP contribution is 2.10. The second kappa shape index (κ2) is 5.44. The highest BCUT2D eigenvalue weighted by molar-refractivity contribution is 5.81. The van der Waals surface area contributed by atoms with Crippen molar-refractivity contribution in [3.05, 3.63) is 0 Å². The van der Waals surface area contributed by atoms with Gasteiger partial charge in [0, 0.05) is 26.2 Å². The Kier molecular flexibility index (Phi) is 3.94. The fraction of sp³-hybridized carbons (Fsp3) is 0.900. The molecule has 2 unspecified atom stereocenters. The second-order valence-electron chi connectivity index (χ2n) is 3.94. The van der Waals surface area contributed by atoms with E-state index in [0.717, 1.165) is 26.0 Å². The molecule has 1 amide bonds. The van der Waals surface area contributed by atoms with Gasteiger partial charge in [0.15, 0.2) is 0 Å². The van der Waals surface area contributed by atoms with Crippen LogP contribution in [-0.4, -0.2) is 51.0 Å². The maximum atomic E-state index is 11.6. The van der Waals surface area contributed by atoms with Crippen LogP contribution in [-0.2, 0) is 14.3 Å². The number of nitrogens with one attached hydrogen (secondary N) is 2. The summed E-state index contributed by atoms with van der Waals surface area (Å²) in [6.07, 6.45) is 2.01. The number of carbonyl (C=O) groups excluding carboxylic acids is 1. The van der Waals surface area contributed by atoms with Gasteiger partial charge in [0.2, 0.25) is 0 Å². The maximum Gasteiger partial charge on any atom is 0.250 e. The molecule has 15 heavy (non-hydrogen) atoms. The first-order valence-electron chi connectivity index (χ1n) is 5.58. The van der Waals surface area contributed by atoms with Gasteiger partial charge in [0.05, 0.1) is 12.7 Å². The molecule has 0 aliphatic carbocycles. The van der Waals surface area contributed by atoms with Crippen LogP contribution in [0.2, 0.25) is 0 Å². The first-order valence-corrected chi connectivity index (χ1v) is 5.58. The number of rotatable bonds is 3. The normalized spacial score (nSPS) is 31.5. The van der Waals surface area contributed by atoms with Gasteiger partial charge in [-0.05, 0) is 12.8 Å². The van der Waals surface area contributed by atoms with Crippen molar-refractivity contribution in [3.8, 4) is 0 Å². The maximum absolute atomic E-state index is 11.6. The van der Waals surface area contributed by atoms with E-state index < -0.39 is 0 Å². The SMILES string of the molecule is O=C(NCC1CCCO1)C1CNCCO1. The van der Waals surface area contributed by atoms with E-state index in [4.69, 9.17) is 9.47 Å². The van der Waals surface area contributed by atoms with Gasteiger partial charge in [-0.1, -0.05) is 0 Å². The van der Waals surface area contributed by atoms with E-state index in [1.54, 1.807) is 0 Å². The molecule has 0 aromatic rings. The first-order chi connectivity index (χ1) is 7.36. The van der Waals surface area contributed by atoms with Crippen molar-refractivity contribution in [2.45, 2.75) is 25.0 Å². The molecule has 2 saturated heterocycles. The Morgan fingerprint density at radius 3 is 3.00 bits per heavy atom. The standard InChI is InChI=1S/C10H18N2O3/c13-10(9-7-11-3-5-15-9)12-6-8-2-1-4-14-8/h8-9,11H,1-7H2,(H,12,13). The smallest absolute Gasteiger partial charge is 0.250 e. The van der Waals surface area contributed by atoms with Crippen LogP contribution in [0.5, 0.6) is 0 Å². The second-order valence-corrected chi connectivity index (χ2v) is 3.94. The van der Waals surface area contributed by atoms with E-state index in [1.165, 1.54) is 0 Å². The van der Waals surface area contributed by atoms with Crippen LogP contribution in [0.15, 0.2) is 0 Å². The third-order valence-corrected chi connectivity index (χ3v) is 2.75. The molecule has 0 bridgehead atoms. The predicted molar refractivity (Wildman–Crippen MR) is 54.6 cm³/mol. The molecule has 5 heteroatoms. The number of hydrogen-bond donors (Lipinski definition) is 2. The molecule has 0 aromatic heterocycles. The molecule has 2 heterocycles. The van der Waals surface area contributed by atoms with E-state index in [0.29, 0.717) is 19.7 Å². The van der Waals surface area contributed by atoms with E-state index in [-0.39, 0.29) is 18.1 Å². The van der Waals surface area contributed by atoms with Crippen LogP contribution in [0.3, 0.4) is 0 Å². The lowest BCUT2D eigenvalue weighted by Crippen LogP contribution is -2.49. The van der Waals surface area contributed by atoms with Gasteiger partial charge in [0.25, 0.3) is 5.91 Å². The number of morpholine rings is 1. The number of carbonyl (C=O) groups is 1. The summed E-state index contributed by atoms with van der Waals surface area (Å²) >= 11 is 0. The monoisotopic (exact) mass is 214 g/mol. The zero-order valence-electron chi connectivity index (χ0n) is 8.83. The zero-order valence-corrected chi connectivity index (χ0v) is 8.83. The van der Waals surface area contributed by atoms with Crippen LogP contribution in [0.25, 0.3) is 0 Å². The van der Waals surface area contributed by atoms with Gasteiger partial charge in [-0.15, -0.1) is 0 Å². The third-order valence-electron chi connectivity index (χ3n) is 2.75. The molecule has 2 aliphatic rings. The highest BCUT2D eigenvalue weighted by atomic mass is 16.5. The highest BCUT2D eigenvalue weighted by Gasteiger charge is 2.23. The third kappa shape index (κ3) is 3.15. The fourth-order valence-electron chi connectivity index (χ4n) is 1.87. The van der Waals surface area contributed by atoms with E-state index in [2.05, 4.69) is 10.6 Å². The van der Waals surface area contributed by atoms with Gasteiger partial charge in [-0.25, -0.2) is 0 Å². The molecule has 0 aromatic carbocycles. The predicted octanol–water partition coefficient (Wildman–Crippen LogP) is -0.730. The topological polar surface area (TPSA) is 59.6 Å². The molecule has 2 fully saturated rings. The molecule has 0 radical (unpaired) electrons. The first kappa shape index (κ1) is 10.9. The van der Waals surface area contributed by atoms with Gasteiger partial charge < -0.3 is 20.1 Å². The number of ether oxygens (including phenoxy) is 2. The Labute approximate surface area is 89.5 Å². The van der Waals surface area contributed by atoms with E-state index in [9.17, 15) is 4.79 Å². The fourth-order valence-corrected chi connectivity index (χ4v) is 1.87. The number of hydrogen-bond acceptors (Lipinski definition) is 4.